The molecule has 3 aromatic carbocycles. The van der Waals surface area contributed by atoms with Gasteiger partial charge >= 0.3 is 47.5 Å². The van der Waals surface area contributed by atoms with Crippen LogP contribution in [0.2, 0.25) is 0 Å². The summed E-state index contributed by atoms with van der Waals surface area (Å²) in [5, 5.41) is 19.3. The number of ether oxygens (including phenoxy) is 2. The topological polar surface area (TPSA) is 346 Å². The van der Waals surface area contributed by atoms with Gasteiger partial charge in [0.15, 0.2) is 17.3 Å². The van der Waals surface area contributed by atoms with E-state index in [2.05, 4.69) is 33.8 Å². The SMILES string of the molecule is CC(C)c1ccn2c(C(=O)c3cccc(C(N)=O)c3)c(CC(C)(C)C(=O)O)c(C(=O)C(C)(C)C)c2c1.COC(=O)C(C)(C)Cc1c(C(=O)C(C)(C)C)c2cc(C(C)C)ccn2c1C(=O)c1cccc(C#N)c1.COC(=O)C(C)(C)Cc1c(C(=O)C(C)(C)C)c2cc(C(C)C)ccn2c1C(=O)c1cccc(C(N)=O)c1.[Na+].[OH-]. The quantitative estimate of drug-likeness (QED) is 0.0304. The van der Waals surface area contributed by atoms with Crippen molar-refractivity contribution in [3.05, 3.63) is 228 Å². The molecular weight excluding hydrogens is 1420 g/mol. The molecule has 22 heteroatoms. The zero-order valence-corrected chi connectivity index (χ0v) is 70.6. The number of nitriles is 1. The van der Waals surface area contributed by atoms with Crippen molar-refractivity contribution >= 4 is 81.0 Å². The molecule has 0 bridgehead atoms. The van der Waals surface area contributed by atoms with Crippen molar-refractivity contribution in [2.75, 3.05) is 14.2 Å². The maximum Gasteiger partial charge on any atom is 1.00 e. The zero-order valence-electron chi connectivity index (χ0n) is 68.6. The number of aliphatic carboxylic acids is 1. The number of primary amides is 2. The fraction of sp³-hybridized carbons (Fsp3) is 0.393. The average molecular weight is 1520 g/mol. The van der Waals surface area contributed by atoms with Gasteiger partial charge in [-0.15, -0.1) is 0 Å². The number of carbonyl (C=O) groups is 11. The number of aromatic nitrogens is 3. The normalized spacial score (nSPS) is 11.9. The van der Waals surface area contributed by atoms with Gasteiger partial charge in [0.25, 0.3) is 0 Å². The second kappa shape index (κ2) is 35.0. The second-order valence-electron chi connectivity index (χ2n) is 34.0. The molecule has 0 unspecified atom stereocenters. The van der Waals surface area contributed by atoms with Crippen LogP contribution in [0.25, 0.3) is 16.6 Å². The largest absolute Gasteiger partial charge is 1.00 e. The number of carboxylic acid groups (broad SMARTS) is 1. The molecule has 0 aliphatic heterocycles. The van der Waals surface area contributed by atoms with Gasteiger partial charge in [-0.2, -0.15) is 5.26 Å². The van der Waals surface area contributed by atoms with E-state index in [1.807, 2.05) is 98.0 Å². The minimum atomic E-state index is -1.25. The Morgan fingerprint density at radius 2 is 0.676 bits per heavy atom. The predicted octanol–water partition coefficient (Wildman–Crippen LogP) is 13.6. The molecular formula is C89H105N6NaO15. The molecule has 6 N–H and O–H groups in total. The van der Waals surface area contributed by atoms with Gasteiger partial charge < -0.3 is 44.7 Å². The number of nitrogens with two attached hydrogens (primary N) is 2. The summed E-state index contributed by atoms with van der Waals surface area (Å²) in [6, 6.07) is 32.4. The molecule has 0 saturated carbocycles. The van der Waals surface area contributed by atoms with Crippen LogP contribution in [0.4, 0.5) is 0 Å². The Labute approximate surface area is 672 Å². The fourth-order valence-corrected chi connectivity index (χ4v) is 13.1. The standard InChI is InChI=1S/C30H36N2O5.C30H34N2O4.C29H34N2O5.Na.H2O/c1-17(2)18-12-13-32-22(15-18)23(26(34)29(3,4)5)21(16-30(6,7)28(36)37-8)24(32)25(33)19-10-9-11-20(14-19)27(31)35;1-18(2)20-12-13-32-23(15-20)24(27(34)29(3,4)5)22(16-30(6,7)28(35)36-8)25(32)26(33)21-11-9-10-19(14-21)17-31;1-16(2)17-11-12-31-21(14-17)22(25(33)28(3,4)5)20(15-29(6,7)27(35)36)23(31)24(32)18-9-8-10-19(13-18)26(30)34;;/h9-15,17H,16H2,1-8H3,(H2,31,35);9-15,18H,16H2,1-8H3;8-14,16H,15H2,1-7H3,(H2,30,34)(H,35,36);;1H2/q;;;+1;/p-1. The van der Waals surface area contributed by atoms with E-state index in [0.29, 0.717) is 66.8 Å². The Hall–Kier alpha value is -10.2. The summed E-state index contributed by atoms with van der Waals surface area (Å²) >= 11 is 0. The molecule has 0 atom stereocenters. The number of hydrogen-bond acceptors (Lipinski definition) is 15. The van der Waals surface area contributed by atoms with Crippen molar-refractivity contribution in [3.63, 3.8) is 0 Å². The van der Waals surface area contributed by atoms with Gasteiger partial charge in [-0.25, -0.2) is 0 Å². The molecule has 6 heterocycles. The number of pyridine rings is 3. The first-order valence-corrected chi connectivity index (χ1v) is 36.4. The van der Waals surface area contributed by atoms with Crippen LogP contribution in [0.15, 0.2) is 128 Å². The summed E-state index contributed by atoms with van der Waals surface area (Å²) in [5.41, 5.74) is 15.2. The van der Waals surface area contributed by atoms with Crippen molar-refractivity contribution in [1.82, 2.24) is 13.2 Å². The summed E-state index contributed by atoms with van der Waals surface area (Å²) in [4.78, 5) is 145. The number of Topliss-reactive ketones (excluding diaryl/α,β-unsaturated/α-hetero) is 3. The van der Waals surface area contributed by atoms with Crippen LogP contribution in [0.3, 0.4) is 0 Å². The number of esters is 2. The number of amides is 2. The third-order valence-corrected chi connectivity index (χ3v) is 19.5. The third-order valence-electron chi connectivity index (χ3n) is 19.5. The van der Waals surface area contributed by atoms with E-state index >= 15 is 0 Å². The molecule has 21 nitrogen and oxygen atoms in total. The molecule has 0 saturated heterocycles. The van der Waals surface area contributed by atoms with Crippen molar-refractivity contribution in [2.45, 2.75) is 182 Å². The summed E-state index contributed by atoms with van der Waals surface area (Å²) in [5.74, 6) is -4.19. The Bertz CT molecular complexity index is 5220. The number of carboxylic acids is 1. The van der Waals surface area contributed by atoms with Crippen LogP contribution >= 0.6 is 0 Å². The molecule has 0 radical (unpaired) electrons. The maximum absolute atomic E-state index is 14.1. The van der Waals surface area contributed by atoms with Crippen LogP contribution in [0.5, 0.6) is 0 Å². The Balaban J connectivity index is 0.000000295. The monoisotopic (exact) mass is 1520 g/mol. The molecule has 2 amide bonds. The minimum absolute atomic E-state index is 0. The van der Waals surface area contributed by atoms with E-state index < -0.39 is 68.0 Å². The van der Waals surface area contributed by atoms with E-state index in [1.54, 1.807) is 143 Å². The molecule has 0 fully saturated rings. The average Bonchev–Trinajstić information content (AvgIpc) is 1.60. The van der Waals surface area contributed by atoms with Crippen LogP contribution in [0.1, 0.15) is 302 Å². The van der Waals surface area contributed by atoms with Gasteiger partial charge in [0.1, 0.15) is 0 Å². The number of nitrogens with zero attached hydrogens (tertiary/aromatic N) is 4. The second-order valence-corrected chi connectivity index (χ2v) is 34.0. The van der Waals surface area contributed by atoms with Gasteiger partial charge in [0, 0.05) is 79.3 Å². The van der Waals surface area contributed by atoms with Gasteiger partial charge in [-0.3, -0.25) is 52.7 Å². The molecule has 0 aliphatic carbocycles. The zero-order chi connectivity index (χ0) is 82.0. The maximum atomic E-state index is 14.1. The van der Waals surface area contributed by atoms with E-state index in [4.69, 9.17) is 20.9 Å². The summed E-state index contributed by atoms with van der Waals surface area (Å²) in [6.07, 6.45) is 5.58. The summed E-state index contributed by atoms with van der Waals surface area (Å²) in [6.45, 7) is 38.9. The molecule has 0 aliphatic rings. The number of hydrogen-bond donors (Lipinski definition) is 3. The van der Waals surface area contributed by atoms with Crippen LogP contribution in [-0.2, 0) is 43.1 Å². The van der Waals surface area contributed by atoms with Crippen LogP contribution in [-0.4, -0.2) is 102 Å². The fourth-order valence-electron chi connectivity index (χ4n) is 13.1. The summed E-state index contributed by atoms with van der Waals surface area (Å²) in [7, 11) is 2.65. The van der Waals surface area contributed by atoms with Crippen LogP contribution < -0.4 is 41.0 Å². The van der Waals surface area contributed by atoms with Gasteiger partial charge in [0.05, 0.1) is 75.7 Å². The van der Waals surface area contributed by atoms with Crippen LogP contribution in [0, 0.1) is 43.8 Å². The Kier molecular flexibility index (Phi) is 28.8. The van der Waals surface area contributed by atoms with Gasteiger partial charge in [-0.05, 0) is 185 Å². The predicted molar refractivity (Wildman–Crippen MR) is 423 cm³/mol. The molecule has 9 aromatic rings. The first kappa shape index (κ1) is 91.4. The Morgan fingerprint density at radius 3 is 0.919 bits per heavy atom. The molecule has 111 heavy (non-hydrogen) atoms. The van der Waals surface area contributed by atoms with Crippen molar-refractivity contribution < 1.29 is 102 Å². The molecule has 9 rings (SSSR count). The molecule has 0 spiro atoms. The summed E-state index contributed by atoms with van der Waals surface area (Å²) < 4.78 is 15.2. The van der Waals surface area contributed by atoms with Crippen molar-refractivity contribution in [2.24, 2.45) is 44.0 Å². The third kappa shape index (κ3) is 19.7. The van der Waals surface area contributed by atoms with E-state index in [1.165, 1.54) is 32.4 Å². The minimum Gasteiger partial charge on any atom is -0.870 e. The van der Waals surface area contributed by atoms with Gasteiger partial charge in [-0.1, -0.05) is 140 Å². The van der Waals surface area contributed by atoms with E-state index in [0.717, 1.165) is 16.7 Å². The number of carbonyl (C=O) groups excluding carboxylic acids is 10. The van der Waals surface area contributed by atoms with E-state index in [9.17, 15) is 63.1 Å². The number of benzene rings is 3. The molecule has 6 aromatic heterocycles. The van der Waals surface area contributed by atoms with Crippen molar-refractivity contribution in [3.8, 4) is 6.07 Å². The number of fused-ring (bicyclic) bond motifs is 3. The smallest absolute Gasteiger partial charge is 0.870 e. The number of rotatable bonds is 23. The number of ketones is 6. The first-order chi connectivity index (χ1) is 50.4. The van der Waals surface area contributed by atoms with E-state index in [-0.39, 0.29) is 135 Å². The van der Waals surface area contributed by atoms with Crippen molar-refractivity contribution in [1.29, 1.82) is 5.26 Å². The van der Waals surface area contributed by atoms with Gasteiger partial charge in [0.2, 0.25) is 29.2 Å². The first-order valence-electron chi connectivity index (χ1n) is 36.4. The Morgan fingerprint density at radius 1 is 0.414 bits per heavy atom. The molecule has 582 valence electrons. The number of methoxy groups -OCH3 is 2.